The first-order chi connectivity index (χ1) is 10.2. The van der Waals surface area contributed by atoms with Crippen LogP contribution >= 0.6 is 0 Å². The number of nitrogens with one attached hydrogen (secondary N) is 2. The number of hydrogen-bond acceptors (Lipinski definition) is 3. The summed E-state index contributed by atoms with van der Waals surface area (Å²) in [7, 11) is 0. The summed E-state index contributed by atoms with van der Waals surface area (Å²) in [6, 6.07) is 8.51. The van der Waals surface area contributed by atoms with Crippen LogP contribution in [-0.4, -0.2) is 22.6 Å². The van der Waals surface area contributed by atoms with Crippen LogP contribution in [0.4, 0.5) is 4.39 Å². The van der Waals surface area contributed by atoms with Gasteiger partial charge in [0, 0.05) is 10.9 Å². The monoisotopic (exact) mass is 288 g/mol. The summed E-state index contributed by atoms with van der Waals surface area (Å²) in [6.07, 6.45) is 1.47. The highest BCUT2D eigenvalue weighted by Gasteiger charge is 2.18. The van der Waals surface area contributed by atoms with E-state index in [0.29, 0.717) is 22.4 Å². The first-order valence-electron chi connectivity index (χ1n) is 6.41. The molecule has 3 aromatic rings. The molecule has 0 radical (unpaired) electrons. The average molecular weight is 288 g/mol. The number of aromatic nitrogens is 1. The maximum Gasteiger partial charge on any atom is 0.268 e. The second-order valence-corrected chi connectivity index (χ2v) is 4.64. The van der Waals surface area contributed by atoms with Crippen LogP contribution < -0.4 is 5.32 Å². The molecule has 0 fully saturated rings. The van der Waals surface area contributed by atoms with Gasteiger partial charge in [-0.05, 0) is 36.4 Å². The molecule has 0 aliphatic heterocycles. The summed E-state index contributed by atoms with van der Waals surface area (Å²) in [5.74, 6) is -0.299. The van der Waals surface area contributed by atoms with E-state index in [4.69, 9.17) is 4.42 Å². The molecule has 0 saturated heterocycles. The lowest BCUT2D eigenvalue weighted by Gasteiger charge is -2.12. The van der Waals surface area contributed by atoms with Gasteiger partial charge in [0.25, 0.3) is 5.91 Å². The Morgan fingerprint density at radius 3 is 2.95 bits per heavy atom. The van der Waals surface area contributed by atoms with Crippen molar-refractivity contribution in [1.29, 1.82) is 0 Å². The van der Waals surface area contributed by atoms with E-state index in [2.05, 4.69) is 10.3 Å². The molecule has 0 aliphatic carbocycles. The number of halogens is 1. The number of hydrogen-bond donors (Lipinski definition) is 3. The molecule has 1 unspecified atom stereocenters. The fourth-order valence-electron chi connectivity index (χ4n) is 2.16. The normalized spacial score (nSPS) is 12.5. The third kappa shape index (κ3) is 2.66. The van der Waals surface area contributed by atoms with E-state index in [9.17, 15) is 14.3 Å². The van der Waals surface area contributed by atoms with E-state index >= 15 is 0 Å². The van der Waals surface area contributed by atoms with Crippen LogP contribution in [-0.2, 0) is 0 Å². The molecule has 1 aromatic carbocycles. The lowest BCUT2D eigenvalue weighted by atomic mass is 10.2. The minimum Gasteiger partial charge on any atom is -0.467 e. The molecule has 1 atom stereocenters. The number of benzene rings is 1. The first kappa shape index (κ1) is 13.4. The second-order valence-electron chi connectivity index (χ2n) is 4.64. The van der Waals surface area contributed by atoms with Gasteiger partial charge in [0.1, 0.15) is 23.3 Å². The summed E-state index contributed by atoms with van der Waals surface area (Å²) < 4.78 is 18.3. The third-order valence-corrected chi connectivity index (χ3v) is 3.20. The standard InChI is InChI=1S/C15H13FN2O3/c16-10-3-4-11-9(6-10)7-12(17-11)15(20)18-13(8-19)14-2-1-5-21-14/h1-7,13,17,19H,8H2,(H,18,20). The zero-order chi connectivity index (χ0) is 14.8. The van der Waals surface area contributed by atoms with Gasteiger partial charge in [-0.15, -0.1) is 0 Å². The van der Waals surface area contributed by atoms with Gasteiger partial charge in [-0.2, -0.15) is 0 Å². The molecule has 108 valence electrons. The van der Waals surface area contributed by atoms with Crippen LogP contribution in [0.1, 0.15) is 22.3 Å². The van der Waals surface area contributed by atoms with Crippen LogP contribution in [0.5, 0.6) is 0 Å². The Bertz CT molecular complexity index is 764. The molecule has 0 spiro atoms. The molecule has 3 rings (SSSR count). The van der Waals surface area contributed by atoms with Gasteiger partial charge < -0.3 is 19.8 Å². The highest BCUT2D eigenvalue weighted by atomic mass is 19.1. The van der Waals surface area contributed by atoms with E-state index < -0.39 is 11.9 Å². The summed E-state index contributed by atoms with van der Waals surface area (Å²) in [6.45, 7) is -0.284. The smallest absolute Gasteiger partial charge is 0.268 e. The molecular formula is C15H13FN2O3. The van der Waals surface area contributed by atoms with Crippen LogP contribution in [0.2, 0.25) is 0 Å². The third-order valence-electron chi connectivity index (χ3n) is 3.20. The largest absolute Gasteiger partial charge is 0.467 e. The SMILES string of the molecule is O=C(NC(CO)c1ccco1)c1cc2cc(F)ccc2[nH]1. The van der Waals surface area contributed by atoms with E-state index in [1.165, 1.54) is 18.4 Å². The van der Waals surface area contributed by atoms with Crippen molar-refractivity contribution in [2.24, 2.45) is 0 Å². The minimum absolute atomic E-state index is 0.284. The van der Waals surface area contributed by atoms with Gasteiger partial charge in [0.2, 0.25) is 0 Å². The quantitative estimate of drug-likeness (QED) is 0.689. The molecule has 0 saturated carbocycles. The Labute approximate surface area is 119 Å². The summed E-state index contributed by atoms with van der Waals surface area (Å²) in [4.78, 5) is 15.1. The zero-order valence-corrected chi connectivity index (χ0v) is 11.0. The number of rotatable bonds is 4. The number of aliphatic hydroxyl groups is 1. The number of amides is 1. The number of fused-ring (bicyclic) bond motifs is 1. The molecule has 0 bridgehead atoms. The van der Waals surface area contributed by atoms with E-state index in [1.807, 2.05) is 0 Å². The maximum atomic E-state index is 13.1. The lowest BCUT2D eigenvalue weighted by Crippen LogP contribution is -2.30. The number of carbonyl (C=O) groups is 1. The Kier molecular flexibility index (Phi) is 3.45. The van der Waals surface area contributed by atoms with Gasteiger partial charge >= 0.3 is 0 Å². The fourth-order valence-corrected chi connectivity index (χ4v) is 2.16. The van der Waals surface area contributed by atoms with Crippen LogP contribution in [0, 0.1) is 5.82 Å². The fraction of sp³-hybridized carbons (Fsp3) is 0.133. The summed E-state index contributed by atoms with van der Waals surface area (Å²) in [5, 5.41) is 12.6. The van der Waals surface area contributed by atoms with Crippen molar-refractivity contribution in [3.05, 3.63) is 59.9 Å². The van der Waals surface area contributed by atoms with Crippen molar-refractivity contribution in [3.63, 3.8) is 0 Å². The second kappa shape index (κ2) is 5.41. The molecule has 1 amide bonds. The van der Waals surface area contributed by atoms with E-state index in [-0.39, 0.29) is 12.4 Å². The van der Waals surface area contributed by atoms with Gasteiger partial charge in [0.05, 0.1) is 12.9 Å². The van der Waals surface area contributed by atoms with E-state index in [1.54, 1.807) is 24.3 Å². The lowest BCUT2D eigenvalue weighted by molar-refractivity contribution is 0.0903. The molecule has 3 N–H and O–H groups in total. The number of furan rings is 1. The van der Waals surface area contributed by atoms with Crippen molar-refractivity contribution in [2.45, 2.75) is 6.04 Å². The van der Waals surface area contributed by atoms with E-state index in [0.717, 1.165) is 0 Å². The minimum atomic E-state index is -0.629. The molecule has 2 aromatic heterocycles. The topological polar surface area (TPSA) is 78.3 Å². The van der Waals surface area contributed by atoms with Crippen molar-refractivity contribution < 1.29 is 18.7 Å². The molecule has 6 heteroatoms. The number of carbonyl (C=O) groups excluding carboxylic acids is 1. The highest BCUT2D eigenvalue weighted by molar-refractivity contribution is 5.98. The predicted molar refractivity (Wildman–Crippen MR) is 74.3 cm³/mol. The Hall–Kier alpha value is -2.60. The highest BCUT2D eigenvalue weighted by Crippen LogP contribution is 2.18. The van der Waals surface area contributed by atoms with Crippen LogP contribution in [0.25, 0.3) is 10.9 Å². The molecular weight excluding hydrogens is 275 g/mol. The zero-order valence-electron chi connectivity index (χ0n) is 11.0. The van der Waals surface area contributed by atoms with Crippen LogP contribution in [0.15, 0.2) is 47.1 Å². The summed E-state index contributed by atoms with van der Waals surface area (Å²) >= 11 is 0. The van der Waals surface area contributed by atoms with Crippen molar-refractivity contribution in [2.75, 3.05) is 6.61 Å². The van der Waals surface area contributed by atoms with Gasteiger partial charge in [-0.25, -0.2) is 4.39 Å². The Morgan fingerprint density at radius 1 is 1.38 bits per heavy atom. The summed E-state index contributed by atoms with van der Waals surface area (Å²) in [5.41, 5.74) is 0.959. The van der Waals surface area contributed by atoms with Gasteiger partial charge in [-0.1, -0.05) is 0 Å². The van der Waals surface area contributed by atoms with Crippen molar-refractivity contribution >= 4 is 16.8 Å². The molecule has 5 nitrogen and oxygen atoms in total. The van der Waals surface area contributed by atoms with Crippen LogP contribution in [0.3, 0.4) is 0 Å². The number of aromatic amines is 1. The maximum absolute atomic E-state index is 13.1. The Balaban J connectivity index is 1.83. The van der Waals surface area contributed by atoms with Crippen molar-refractivity contribution in [3.8, 4) is 0 Å². The molecule has 0 aliphatic rings. The first-order valence-corrected chi connectivity index (χ1v) is 6.41. The van der Waals surface area contributed by atoms with Crippen molar-refractivity contribution in [1.82, 2.24) is 10.3 Å². The predicted octanol–water partition coefficient (Wildman–Crippen LogP) is 2.36. The number of aliphatic hydroxyl groups excluding tert-OH is 1. The number of H-pyrrole nitrogens is 1. The van der Waals surface area contributed by atoms with Gasteiger partial charge in [-0.3, -0.25) is 4.79 Å². The molecule has 21 heavy (non-hydrogen) atoms. The Morgan fingerprint density at radius 2 is 2.24 bits per heavy atom. The molecule has 2 heterocycles. The van der Waals surface area contributed by atoms with Gasteiger partial charge in [0.15, 0.2) is 0 Å². The average Bonchev–Trinajstić information content (AvgIpc) is 3.12.